The van der Waals surface area contributed by atoms with Crippen LogP contribution in [0.4, 0.5) is 0 Å². The van der Waals surface area contributed by atoms with E-state index < -0.39 is 12.0 Å². The van der Waals surface area contributed by atoms with Crippen LogP contribution in [-0.4, -0.2) is 27.3 Å². The number of carboxylic acids is 1. The number of carbonyl (C=O) groups excluding carboxylic acids is 1. The molecule has 0 heterocycles. The number of hydrogen-bond acceptors (Lipinski definition) is 3. The van der Waals surface area contributed by atoms with Crippen molar-refractivity contribution in [3.8, 4) is 0 Å². The number of rotatable bonds is 3. The Morgan fingerprint density at radius 1 is 1.71 bits per heavy atom. The second-order valence-electron chi connectivity index (χ2n) is 3.23. The summed E-state index contributed by atoms with van der Waals surface area (Å²) < 4.78 is 1.00. The molecule has 0 aromatic rings. The third kappa shape index (κ3) is 2.26. The van der Waals surface area contributed by atoms with E-state index in [1.165, 1.54) is 6.92 Å². The van der Waals surface area contributed by atoms with Crippen LogP contribution >= 0.6 is 11.8 Å². The number of aliphatic carboxylic acids is 1. The first-order valence-electron chi connectivity index (χ1n) is 4.45. The summed E-state index contributed by atoms with van der Waals surface area (Å²) >= 11 is 5.76. The molecule has 0 aromatic heterocycles. The molecule has 0 amide bonds. The van der Waals surface area contributed by atoms with Gasteiger partial charge in [-0.05, 0) is 19.8 Å². The van der Waals surface area contributed by atoms with Crippen LogP contribution in [0.1, 0.15) is 26.2 Å². The van der Waals surface area contributed by atoms with Gasteiger partial charge >= 0.3 is 5.97 Å². The Kier molecular flexibility index (Phi) is 3.52. The molecule has 0 aliphatic heterocycles. The Bertz CT molecular complexity index is 288. The fourth-order valence-corrected chi connectivity index (χ4v) is 1.50. The molecule has 1 N–H and O–H groups in total. The maximum Gasteiger partial charge on any atom is 0.327 e. The van der Waals surface area contributed by atoms with Crippen molar-refractivity contribution in [3.05, 3.63) is 11.8 Å². The van der Waals surface area contributed by atoms with Crippen molar-refractivity contribution >= 4 is 23.5 Å². The molecule has 0 unspecified atom stereocenters. The molecule has 1 atom stereocenters. The van der Waals surface area contributed by atoms with Gasteiger partial charge in [-0.15, -0.1) is 0 Å². The summed E-state index contributed by atoms with van der Waals surface area (Å²) in [6, 6.07) is -0.884. The molecule has 0 spiro atoms. The summed E-state index contributed by atoms with van der Waals surface area (Å²) in [4.78, 5) is 22.0. The largest absolute Gasteiger partial charge is 0.480 e. The molecule has 1 aliphatic rings. The SMILES string of the molecule is C[C@@H](C(=O)O)N(Cl)C1=CCCCC1=O. The van der Waals surface area contributed by atoms with Gasteiger partial charge in [0.1, 0.15) is 6.04 Å². The summed E-state index contributed by atoms with van der Waals surface area (Å²) in [5.41, 5.74) is 0.313. The number of nitrogens with zero attached hydrogens (tertiary/aromatic N) is 1. The van der Waals surface area contributed by atoms with Crippen molar-refractivity contribution in [1.29, 1.82) is 0 Å². The van der Waals surface area contributed by atoms with Crippen molar-refractivity contribution in [1.82, 2.24) is 4.42 Å². The van der Waals surface area contributed by atoms with Crippen LogP contribution in [0.5, 0.6) is 0 Å². The minimum Gasteiger partial charge on any atom is -0.480 e. The molecule has 0 fully saturated rings. The van der Waals surface area contributed by atoms with E-state index in [2.05, 4.69) is 0 Å². The highest BCUT2D eigenvalue weighted by molar-refractivity contribution is 6.19. The van der Waals surface area contributed by atoms with Crippen LogP contribution in [-0.2, 0) is 9.59 Å². The molecule has 4 nitrogen and oxygen atoms in total. The second-order valence-corrected chi connectivity index (χ2v) is 3.59. The van der Waals surface area contributed by atoms with Gasteiger partial charge in [0, 0.05) is 18.2 Å². The van der Waals surface area contributed by atoms with E-state index in [0.717, 1.165) is 17.3 Å². The smallest absolute Gasteiger partial charge is 0.327 e. The summed E-state index contributed by atoms with van der Waals surface area (Å²) in [6.07, 6.45) is 3.73. The van der Waals surface area contributed by atoms with E-state index in [1.54, 1.807) is 6.08 Å². The molecule has 78 valence electrons. The molecule has 14 heavy (non-hydrogen) atoms. The van der Waals surface area contributed by atoms with Crippen molar-refractivity contribution in [2.24, 2.45) is 0 Å². The van der Waals surface area contributed by atoms with E-state index in [4.69, 9.17) is 16.9 Å². The van der Waals surface area contributed by atoms with Crippen LogP contribution in [0.3, 0.4) is 0 Å². The first kappa shape index (κ1) is 11.0. The van der Waals surface area contributed by atoms with Gasteiger partial charge in [0.25, 0.3) is 0 Å². The monoisotopic (exact) mass is 217 g/mol. The van der Waals surface area contributed by atoms with Crippen molar-refractivity contribution in [3.63, 3.8) is 0 Å². The van der Waals surface area contributed by atoms with Crippen LogP contribution in [0.25, 0.3) is 0 Å². The Balaban J connectivity index is 2.77. The van der Waals surface area contributed by atoms with E-state index in [9.17, 15) is 9.59 Å². The topological polar surface area (TPSA) is 57.6 Å². The number of halogens is 1. The number of carbonyl (C=O) groups is 2. The Labute approximate surface area is 87.3 Å². The van der Waals surface area contributed by atoms with Crippen LogP contribution in [0, 0.1) is 0 Å². The molecular weight excluding hydrogens is 206 g/mol. The Morgan fingerprint density at radius 2 is 2.36 bits per heavy atom. The molecule has 0 saturated carbocycles. The average Bonchev–Trinajstić information content (AvgIpc) is 2.16. The lowest BCUT2D eigenvalue weighted by molar-refractivity contribution is -0.140. The lowest BCUT2D eigenvalue weighted by atomic mass is 10.0. The van der Waals surface area contributed by atoms with Gasteiger partial charge in [-0.1, -0.05) is 6.08 Å². The van der Waals surface area contributed by atoms with Crippen LogP contribution in [0.15, 0.2) is 11.8 Å². The predicted octanol–water partition coefficient (Wildman–Crippen LogP) is 1.55. The highest BCUT2D eigenvalue weighted by Gasteiger charge is 2.26. The third-order valence-corrected chi connectivity index (χ3v) is 2.63. The highest BCUT2D eigenvalue weighted by atomic mass is 35.5. The second kappa shape index (κ2) is 4.46. The molecule has 1 rings (SSSR count). The zero-order chi connectivity index (χ0) is 10.7. The number of hydrogen-bond donors (Lipinski definition) is 1. The highest BCUT2D eigenvalue weighted by Crippen LogP contribution is 2.21. The van der Waals surface area contributed by atoms with E-state index in [-0.39, 0.29) is 5.78 Å². The number of allylic oxidation sites excluding steroid dienone is 2. The van der Waals surface area contributed by atoms with Crippen molar-refractivity contribution < 1.29 is 14.7 Å². The predicted molar refractivity (Wildman–Crippen MR) is 51.7 cm³/mol. The molecule has 0 aromatic carbocycles. The number of carboxylic acid groups (broad SMARTS) is 1. The van der Waals surface area contributed by atoms with E-state index >= 15 is 0 Å². The standard InChI is InChI=1S/C9H12ClNO3/c1-6(9(13)14)11(10)7-4-2-3-5-8(7)12/h4,6H,2-3,5H2,1H3,(H,13,14)/t6-/m0/s1. The van der Waals surface area contributed by atoms with Gasteiger partial charge in [-0.2, -0.15) is 0 Å². The minimum atomic E-state index is -1.04. The lowest BCUT2D eigenvalue weighted by Crippen LogP contribution is -2.34. The molecule has 5 heteroatoms. The van der Waals surface area contributed by atoms with Crippen LogP contribution < -0.4 is 0 Å². The summed E-state index contributed by atoms with van der Waals surface area (Å²) in [6.45, 7) is 1.44. The van der Waals surface area contributed by atoms with E-state index in [1.807, 2.05) is 0 Å². The quantitative estimate of drug-likeness (QED) is 0.729. The fourth-order valence-electron chi connectivity index (χ4n) is 1.26. The lowest BCUT2D eigenvalue weighted by Gasteiger charge is -2.24. The van der Waals surface area contributed by atoms with Gasteiger partial charge in [0.05, 0.1) is 5.70 Å². The van der Waals surface area contributed by atoms with Crippen molar-refractivity contribution in [2.75, 3.05) is 0 Å². The van der Waals surface area contributed by atoms with E-state index in [0.29, 0.717) is 12.1 Å². The number of ketones is 1. The van der Waals surface area contributed by atoms with Gasteiger partial charge in [-0.3, -0.25) is 9.21 Å². The van der Waals surface area contributed by atoms with Gasteiger partial charge < -0.3 is 5.11 Å². The minimum absolute atomic E-state index is 0.0839. The number of Topliss-reactive ketones (excluding diaryl/α,β-unsaturated/α-hetero) is 1. The van der Waals surface area contributed by atoms with Crippen molar-refractivity contribution in [2.45, 2.75) is 32.2 Å². The normalized spacial score (nSPS) is 18.7. The molecule has 0 radical (unpaired) electrons. The first-order valence-corrected chi connectivity index (χ1v) is 4.79. The van der Waals surface area contributed by atoms with Gasteiger partial charge in [0.15, 0.2) is 5.78 Å². The Morgan fingerprint density at radius 3 is 2.86 bits per heavy atom. The third-order valence-electron chi connectivity index (χ3n) is 2.16. The average molecular weight is 218 g/mol. The van der Waals surface area contributed by atoms with Crippen LogP contribution in [0.2, 0.25) is 0 Å². The zero-order valence-electron chi connectivity index (χ0n) is 7.86. The van der Waals surface area contributed by atoms with Gasteiger partial charge in [-0.25, -0.2) is 4.79 Å². The maximum atomic E-state index is 11.4. The van der Waals surface area contributed by atoms with Gasteiger partial charge in [0.2, 0.25) is 0 Å². The summed E-state index contributed by atoms with van der Waals surface area (Å²) in [5.74, 6) is -1.13. The maximum absolute atomic E-state index is 11.4. The molecule has 1 aliphatic carbocycles. The molecule has 0 saturated heterocycles. The summed E-state index contributed by atoms with van der Waals surface area (Å²) in [5, 5.41) is 8.70. The molecule has 0 bridgehead atoms. The summed E-state index contributed by atoms with van der Waals surface area (Å²) in [7, 11) is 0. The first-order chi connectivity index (χ1) is 6.54. The Hall–Kier alpha value is -1.03. The zero-order valence-corrected chi connectivity index (χ0v) is 8.62. The molecular formula is C9H12ClNO3. The fraction of sp³-hybridized carbons (Fsp3) is 0.556.